The lowest BCUT2D eigenvalue weighted by molar-refractivity contribution is 0.897. The van der Waals surface area contributed by atoms with E-state index in [4.69, 9.17) is 10.7 Å². The van der Waals surface area contributed by atoms with E-state index in [1.54, 1.807) is 6.07 Å². The molecule has 0 atom stereocenters. The number of hydrogen-bond donors (Lipinski definition) is 2. The molecule has 2 aromatic heterocycles. The van der Waals surface area contributed by atoms with Crippen molar-refractivity contribution in [3.8, 4) is 44.7 Å². The molecule has 0 spiro atoms. The van der Waals surface area contributed by atoms with Gasteiger partial charge >= 0.3 is 0 Å². The maximum Gasteiger partial charge on any atom is 0.280 e. The summed E-state index contributed by atoms with van der Waals surface area (Å²) in [7, 11) is 1.39. The van der Waals surface area contributed by atoms with Crippen LogP contribution in [0.15, 0.2) is 83.7 Å². The minimum absolute atomic E-state index is 0.172. The molecule has 0 fully saturated rings. The minimum atomic E-state index is -0.172. The van der Waals surface area contributed by atoms with E-state index >= 15 is 0 Å². The maximum absolute atomic E-state index is 13.8. The summed E-state index contributed by atoms with van der Waals surface area (Å²) >= 11 is 2.12. The van der Waals surface area contributed by atoms with Gasteiger partial charge < -0.3 is 5.73 Å². The molecule has 5 aromatic rings. The standard InChI is InChI=1S/C27H19IN4OS/c1-17-23(21-12-13-22(29)20(16-21)14-15-34-28)27(33)32-26(30-17)24(18-8-4-2-5-9-18)25(31-32)19-10-6-3-7-11-19/h2-13,16,31H,29H2,1H3. The summed E-state index contributed by atoms with van der Waals surface area (Å²) in [6.07, 6.45) is 0. The fraction of sp³-hybridized carbons (Fsp3) is 0.0370. The summed E-state index contributed by atoms with van der Waals surface area (Å²) in [5, 5.41) is 6.29. The zero-order valence-corrected chi connectivity index (χ0v) is 21.1. The number of nitrogen functional groups attached to an aromatic ring is 1. The number of aryl methyl sites for hydroxylation is 1. The molecule has 0 aliphatic carbocycles. The second-order valence-electron chi connectivity index (χ2n) is 7.74. The Morgan fingerprint density at radius 3 is 2.29 bits per heavy atom. The van der Waals surface area contributed by atoms with Crippen molar-refractivity contribution in [1.29, 1.82) is 0 Å². The number of anilines is 1. The van der Waals surface area contributed by atoms with E-state index in [1.165, 1.54) is 13.4 Å². The minimum Gasteiger partial charge on any atom is -0.398 e. The Morgan fingerprint density at radius 2 is 1.62 bits per heavy atom. The predicted octanol–water partition coefficient (Wildman–Crippen LogP) is 6.31. The Labute approximate surface area is 213 Å². The average molecular weight is 574 g/mol. The molecule has 0 aliphatic rings. The summed E-state index contributed by atoms with van der Waals surface area (Å²) in [4.78, 5) is 18.7. The summed E-state index contributed by atoms with van der Waals surface area (Å²) in [6, 6.07) is 25.4. The second-order valence-corrected chi connectivity index (χ2v) is 9.42. The summed E-state index contributed by atoms with van der Waals surface area (Å²) in [5.41, 5.74) is 13.4. The first kappa shape index (κ1) is 22.3. The summed E-state index contributed by atoms with van der Waals surface area (Å²) < 4.78 is 1.54. The first-order chi connectivity index (χ1) is 16.6. The van der Waals surface area contributed by atoms with Crippen LogP contribution < -0.4 is 11.3 Å². The van der Waals surface area contributed by atoms with Gasteiger partial charge in [0, 0.05) is 38.0 Å². The Morgan fingerprint density at radius 1 is 0.941 bits per heavy atom. The third-order valence-electron chi connectivity index (χ3n) is 5.65. The lowest BCUT2D eigenvalue weighted by Crippen LogP contribution is -2.19. The van der Waals surface area contributed by atoms with Gasteiger partial charge in [0.2, 0.25) is 0 Å². The summed E-state index contributed by atoms with van der Waals surface area (Å²) in [6.45, 7) is 1.86. The number of rotatable bonds is 3. The zero-order chi connectivity index (χ0) is 23.7. The second kappa shape index (κ2) is 9.41. The molecule has 2 heterocycles. The fourth-order valence-electron chi connectivity index (χ4n) is 4.10. The van der Waals surface area contributed by atoms with Crippen LogP contribution in [0, 0.1) is 18.1 Å². The number of nitrogens with zero attached hydrogens (tertiary/aromatic N) is 2. The molecule has 0 radical (unpaired) electrons. The van der Waals surface area contributed by atoms with Crippen LogP contribution in [-0.2, 0) is 0 Å². The van der Waals surface area contributed by atoms with Gasteiger partial charge in [-0.1, -0.05) is 72.7 Å². The molecule has 5 rings (SSSR count). The highest BCUT2D eigenvalue weighted by atomic mass is 127. The molecule has 7 heteroatoms. The van der Waals surface area contributed by atoms with E-state index in [0.29, 0.717) is 28.2 Å². The van der Waals surface area contributed by atoms with Gasteiger partial charge in [0.05, 0.1) is 22.5 Å². The molecule has 0 unspecified atom stereocenters. The third-order valence-corrected chi connectivity index (χ3v) is 6.49. The fourth-order valence-corrected chi connectivity index (χ4v) is 4.58. The molecule has 0 saturated carbocycles. The number of aromatic nitrogens is 3. The lowest BCUT2D eigenvalue weighted by Gasteiger charge is -2.08. The van der Waals surface area contributed by atoms with Crippen molar-refractivity contribution in [2.45, 2.75) is 6.92 Å². The van der Waals surface area contributed by atoms with Crippen molar-refractivity contribution >= 4 is 41.5 Å². The monoisotopic (exact) mass is 574 g/mol. The first-order valence-electron chi connectivity index (χ1n) is 10.5. The van der Waals surface area contributed by atoms with Crippen molar-refractivity contribution in [3.05, 3.63) is 100 Å². The number of H-pyrrole nitrogens is 1. The smallest absolute Gasteiger partial charge is 0.280 e. The highest BCUT2D eigenvalue weighted by molar-refractivity contribution is 14.2. The topological polar surface area (TPSA) is 76.2 Å². The van der Waals surface area contributed by atoms with Crippen LogP contribution in [0.4, 0.5) is 5.69 Å². The predicted molar refractivity (Wildman–Crippen MR) is 150 cm³/mol. The normalized spacial score (nSPS) is 10.8. The highest BCUT2D eigenvalue weighted by Gasteiger charge is 2.21. The van der Waals surface area contributed by atoms with Crippen molar-refractivity contribution in [2.75, 3.05) is 5.73 Å². The first-order valence-corrected chi connectivity index (χ1v) is 13.9. The van der Waals surface area contributed by atoms with E-state index in [1.807, 2.05) is 79.7 Å². The van der Waals surface area contributed by atoms with Crippen LogP contribution in [-0.4, -0.2) is 14.6 Å². The van der Waals surface area contributed by atoms with Crippen molar-refractivity contribution < 1.29 is 0 Å². The molecule has 3 N–H and O–H groups in total. The van der Waals surface area contributed by atoms with Crippen LogP contribution in [0.5, 0.6) is 0 Å². The highest BCUT2D eigenvalue weighted by Crippen LogP contribution is 2.34. The van der Waals surface area contributed by atoms with Crippen molar-refractivity contribution in [2.24, 2.45) is 0 Å². The van der Waals surface area contributed by atoms with Crippen LogP contribution in [0.1, 0.15) is 11.3 Å². The van der Waals surface area contributed by atoms with Crippen molar-refractivity contribution in [1.82, 2.24) is 14.6 Å². The van der Waals surface area contributed by atoms with E-state index in [2.05, 4.69) is 37.5 Å². The Hall–Kier alpha value is -3.48. The van der Waals surface area contributed by atoms with Crippen LogP contribution in [0.3, 0.4) is 0 Å². The van der Waals surface area contributed by atoms with Crippen LogP contribution >= 0.6 is 30.1 Å². The number of nitrogens with one attached hydrogen (secondary N) is 1. The van der Waals surface area contributed by atoms with E-state index in [9.17, 15) is 4.79 Å². The average Bonchev–Trinajstić information content (AvgIpc) is 3.25. The van der Waals surface area contributed by atoms with Crippen molar-refractivity contribution in [3.63, 3.8) is 0 Å². The van der Waals surface area contributed by atoms with Gasteiger partial charge in [-0.3, -0.25) is 9.89 Å². The van der Waals surface area contributed by atoms with Gasteiger partial charge in [-0.25, -0.2) is 4.98 Å². The van der Waals surface area contributed by atoms with Gasteiger partial charge in [-0.2, -0.15) is 4.52 Å². The Balaban J connectivity index is 1.80. The number of hydrogen-bond acceptors (Lipinski definition) is 4. The Kier molecular flexibility index (Phi) is 6.18. The Bertz CT molecular complexity index is 1630. The van der Waals surface area contributed by atoms with Gasteiger partial charge in [-0.05, 0) is 44.4 Å². The number of fused-ring (bicyclic) bond motifs is 1. The number of nitrogens with two attached hydrogens (primary N) is 1. The molecule has 34 heavy (non-hydrogen) atoms. The van der Waals surface area contributed by atoms with Gasteiger partial charge in [0.15, 0.2) is 5.65 Å². The van der Waals surface area contributed by atoms with Gasteiger partial charge in [0.25, 0.3) is 5.56 Å². The van der Waals surface area contributed by atoms with E-state index in [-0.39, 0.29) is 5.56 Å². The van der Waals surface area contributed by atoms with Gasteiger partial charge in [-0.15, -0.1) is 0 Å². The molecule has 166 valence electrons. The quantitative estimate of drug-likeness (QED) is 0.151. The van der Waals surface area contributed by atoms with E-state index in [0.717, 1.165) is 27.9 Å². The molecular weight excluding hydrogens is 555 g/mol. The lowest BCUT2D eigenvalue weighted by atomic mass is 10.0. The molecule has 0 aliphatic heterocycles. The molecular formula is C27H19IN4OS. The molecule has 3 aromatic carbocycles. The molecule has 0 bridgehead atoms. The molecule has 0 saturated heterocycles. The third kappa shape index (κ3) is 4.00. The summed E-state index contributed by atoms with van der Waals surface area (Å²) in [5.74, 6) is 3.05. The molecule has 0 amide bonds. The van der Waals surface area contributed by atoms with Crippen LogP contribution in [0.25, 0.3) is 39.2 Å². The molecule has 5 nitrogen and oxygen atoms in total. The number of aromatic amines is 1. The number of benzene rings is 3. The maximum atomic E-state index is 13.8. The SMILES string of the molecule is Cc1nc2c(-c3ccccc3)c(-c3ccccc3)[nH]n2c(=O)c1-c1ccc(N)c(C#CSI)c1. The van der Waals surface area contributed by atoms with E-state index < -0.39 is 0 Å². The number of halogens is 1. The van der Waals surface area contributed by atoms with Gasteiger partial charge in [0.1, 0.15) is 0 Å². The van der Waals surface area contributed by atoms with Crippen LogP contribution in [0.2, 0.25) is 0 Å². The largest absolute Gasteiger partial charge is 0.398 e. The zero-order valence-electron chi connectivity index (χ0n) is 18.2.